The molecule has 1 aliphatic rings. The van der Waals surface area contributed by atoms with Gasteiger partial charge in [-0.05, 0) is 6.07 Å². The Morgan fingerprint density at radius 1 is 1.23 bits per heavy atom. The SMILES string of the molecule is COCc1cc(C=S)c2nc(-n3ccnc3)nc(N3CCOCC3)c2n1. The van der Waals surface area contributed by atoms with Crippen LogP contribution < -0.4 is 4.90 Å². The second kappa shape index (κ2) is 7.40. The van der Waals surface area contributed by atoms with Crippen molar-refractivity contribution in [3.63, 3.8) is 0 Å². The third-order valence-corrected chi connectivity index (χ3v) is 4.42. The Kier molecular flexibility index (Phi) is 4.83. The summed E-state index contributed by atoms with van der Waals surface area (Å²) in [6.07, 6.45) is 5.18. The van der Waals surface area contributed by atoms with Crippen molar-refractivity contribution in [3.8, 4) is 5.95 Å². The molecule has 3 aromatic rings. The first-order valence-electron chi connectivity index (χ1n) is 8.27. The molecule has 0 aliphatic carbocycles. The zero-order valence-electron chi connectivity index (χ0n) is 14.3. The Bertz CT molecular complexity index is 925. The highest BCUT2D eigenvalue weighted by molar-refractivity contribution is 7.79. The highest BCUT2D eigenvalue weighted by Gasteiger charge is 2.21. The molecule has 0 radical (unpaired) electrons. The summed E-state index contributed by atoms with van der Waals surface area (Å²) in [7, 11) is 1.64. The number of anilines is 1. The van der Waals surface area contributed by atoms with Crippen LogP contribution in [0.15, 0.2) is 24.8 Å². The smallest absolute Gasteiger partial charge is 0.237 e. The number of aromatic nitrogens is 5. The van der Waals surface area contributed by atoms with Gasteiger partial charge < -0.3 is 14.4 Å². The molecule has 0 N–H and O–H groups in total. The van der Waals surface area contributed by atoms with Gasteiger partial charge in [-0.25, -0.2) is 15.0 Å². The van der Waals surface area contributed by atoms with E-state index in [1.165, 1.54) is 0 Å². The Hall–Kier alpha value is -2.49. The van der Waals surface area contributed by atoms with Crippen molar-refractivity contribution < 1.29 is 9.47 Å². The standard InChI is InChI=1S/C17H18N6O2S/c1-24-9-13-8-12(10-26)14-15(19-13)16(22-4-6-25-7-5-22)21-17(20-14)23-3-2-18-11-23/h2-3,8,10-11H,4-7,9H2,1H3. The summed E-state index contributed by atoms with van der Waals surface area (Å²) in [5, 5.41) is 1.62. The summed E-state index contributed by atoms with van der Waals surface area (Å²) < 4.78 is 12.5. The van der Waals surface area contributed by atoms with Crippen LogP contribution in [-0.2, 0) is 16.1 Å². The molecule has 134 valence electrons. The van der Waals surface area contributed by atoms with Crippen LogP contribution in [0.25, 0.3) is 17.0 Å². The molecular formula is C17H18N6O2S. The summed E-state index contributed by atoms with van der Waals surface area (Å²) in [6, 6.07) is 1.91. The number of methoxy groups -OCH3 is 1. The highest BCUT2D eigenvalue weighted by atomic mass is 32.1. The van der Waals surface area contributed by atoms with Gasteiger partial charge in [0.15, 0.2) is 5.82 Å². The molecule has 0 aromatic carbocycles. The Morgan fingerprint density at radius 2 is 2.08 bits per heavy atom. The van der Waals surface area contributed by atoms with Gasteiger partial charge in [0.05, 0.1) is 25.5 Å². The van der Waals surface area contributed by atoms with Gasteiger partial charge in [-0.2, -0.15) is 4.98 Å². The van der Waals surface area contributed by atoms with Crippen LogP contribution in [0.2, 0.25) is 0 Å². The lowest BCUT2D eigenvalue weighted by Gasteiger charge is -2.28. The Labute approximate surface area is 155 Å². The first-order chi connectivity index (χ1) is 12.8. The van der Waals surface area contributed by atoms with E-state index in [1.807, 2.05) is 12.3 Å². The van der Waals surface area contributed by atoms with Crippen LogP contribution in [0.4, 0.5) is 5.82 Å². The summed E-state index contributed by atoms with van der Waals surface area (Å²) in [5.74, 6) is 1.31. The number of nitrogens with zero attached hydrogens (tertiary/aromatic N) is 6. The highest BCUT2D eigenvalue weighted by Crippen LogP contribution is 2.27. The molecule has 8 nitrogen and oxygen atoms in total. The van der Waals surface area contributed by atoms with Crippen LogP contribution in [0.3, 0.4) is 0 Å². The summed E-state index contributed by atoms with van der Waals surface area (Å²) in [5.41, 5.74) is 3.07. The number of hydrogen-bond donors (Lipinski definition) is 0. The maximum Gasteiger partial charge on any atom is 0.237 e. The first-order valence-corrected chi connectivity index (χ1v) is 8.74. The van der Waals surface area contributed by atoms with Gasteiger partial charge in [-0.15, -0.1) is 0 Å². The van der Waals surface area contributed by atoms with E-state index in [-0.39, 0.29) is 0 Å². The number of thiocarbonyl (C=S) groups is 1. The van der Waals surface area contributed by atoms with Crippen molar-refractivity contribution in [2.24, 2.45) is 0 Å². The van der Waals surface area contributed by atoms with Gasteiger partial charge in [-0.3, -0.25) is 4.57 Å². The van der Waals surface area contributed by atoms with Crippen molar-refractivity contribution in [1.29, 1.82) is 0 Å². The molecule has 3 aromatic heterocycles. The molecule has 1 fully saturated rings. The van der Waals surface area contributed by atoms with Crippen LogP contribution in [0.1, 0.15) is 11.3 Å². The summed E-state index contributed by atoms with van der Waals surface area (Å²) >= 11 is 5.23. The zero-order chi connectivity index (χ0) is 17.9. The van der Waals surface area contributed by atoms with Gasteiger partial charge in [0, 0.05) is 43.5 Å². The van der Waals surface area contributed by atoms with Gasteiger partial charge in [0.1, 0.15) is 17.4 Å². The van der Waals surface area contributed by atoms with Crippen molar-refractivity contribution in [2.45, 2.75) is 6.61 Å². The quantitative estimate of drug-likeness (QED) is 0.626. The third-order valence-electron chi connectivity index (χ3n) is 4.17. The molecule has 4 rings (SSSR count). The minimum Gasteiger partial charge on any atom is -0.378 e. The number of morpholine rings is 1. The molecule has 0 saturated carbocycles. The van der Waals surface area contributed by atoms with E-state index in [9.17, 15) is 0 Å². The summed E-state index contributed by atoms with van der Waals surface area (Å²) in [6.45, 7) is 3.21. The predicted octanol–water partition coefficient (Wildman–Crippen LogP) is 1.54. The van der Waals surface area contributed by atoms with Gasteiger partial charge in [-0.1, -0.05) is 12.2 Å². The van der Waals surface area contributed by atoms with Crippen LogP contribution >= 0.6 is 12.2 Å². The third kappa shape index (κ3) is 3.16. The lowest BCUT2D eigenvalue weighted by atomic mass is 10.2. The number of ether oxygens (including phenoxy) is 2. The zero-order valence-corrected chi connectivity index (χ0v) is 15.1. The van der Waals surface area contributed by atoms with Gasteiger partial charge >= 0.3 is 0 Å². The topological polar surface area (TPSA) is 78.2 Å². The molecule has 0 spiro atoms. The molecule has 0 amide bonds. The lowest BCUT2D eigenvalue weighted by molar-refractivity contribution is 0.122. The fourth-order valence-electron chi connectivity index (χ4n) is 2.96. The van der Waals surface area contributed by atoms with E-state index in [0.717, 1.165) is 41.2 Å². The number of hydrogen-bond acceptors (Lipinski definition) is 8. The molecule has 4 heterocycles. The van der Waals surface area contributed by atoms with E-state index in [2.05, 4.69) is 9.88 Å². The number of imidazole rings is 1. The molecule has 0 bridgehead atoms. The fraction of sp³-hybridized carbons (Fsp3) is 0.353. The van der Waals surface area contributed by atoms with Gasteiger partial charge in [0.2, 0.25) is 5.95 Å². The fourth-order valence-corrected chi connectivity index (χ4v) is 3.14. The monoisotopic (exact) mass is 370 g/mol. The molecule has 0 atom stereocenters. The van der Waals surface area contributed by atoms with Crippen LogP contribution in [0.5, 0.6) is 0 Å². The molecule has 1 aliphatic heterocycles. The molecule has 0 unspecified atom stereocenters. The largest absolute Gasteiger partial charge is 0.378 e. The number of fused-ring (bicyclic) bond motifs is 1. The summed E-state index contributed by atoms with van der Waals surface area (Å²) in [4.78, 5) is 20.5. The minimum atomic E-state index is 0.401. The van der Waals surface area contributed by atoms with Crippen LogP contribution in [0, 0.1) is 0 Å². The maximum absolute atomic E-state index is 5.48. The minimum absolute atomic E-state index is 0.401. The van der Waals surface area contributed by atoms with Crippen molar-refractivity contribution in [1.82, 2.24) is 24.5 Å². The van der Waals surface area contributed by atoms with E-state index < -0.39 is 0 Å². The first kappa shape index (κ1) is 17.0. The number of pyridine rings is 1. The molecule has 26 heavy (non-hydrogen) atoms. The average Bonchev–Trinajstić information content (AvgIpc) is 3.22. The maximum atomic E-state index is 5.48. The molecular weight excluding hydrogens is 352 g/mol. The second-order valence-corrected chi connectivity index (χ2v) is 6.10. The number of rotatable bonds is 5. The Morgan fingerprint density at radius 3 is 2.77 bits per heavy atom. The lowest BCUT2D eigenvalue weighted by Crippen LogP contribution is -2.37. The van der Waals surface area contributed by atoms with Gasteiger partial charge in [0.25, 0.3) is 0 Å². The molecule has 9 heteroatoms. The normalized spacial score (nSPS) is 14.7. The average molecular weight is 370 g/mol. The van der Waals surface area contributed by atoms with Crippen molar-refractivity contribution in [3.05, 3.63) is 36.0 Å². The predicted molar refractivity (Wildman–Crippen MR) is 101 cm³/mol. The second-order valence-electron chi connectivity index (χ2n) is 5.87. The van der Waals surface area contributed by atoms with E-state index in [1.54, 1.807) is 29.6 Å². The van der Waals surface area contributed by atoms with Crippen LogP contribution in [-0.4, -0.2) is 63.3 Å². The Balaban J connectivity index is 1.96. The van der Waals surface area contributed by atoms with E-state index >= 15 is 0 Å². The van der Waals surface area contributed by atoms with E-state index in [0.29, 0.717) is 25.8 Å². The van der Waals surface area contributed by atoms with Crippen molar-refractivity contribution in [2.75, 3.05) is 38.3 Å². The molecule has 1 saturated heterocycles. The van der Waals surface area contributed by atoms with E-state index in [4.69, 9.17) is 36.6 Å². The van der Waals surface area contributed by atoms with Crippen molar-refractivity contribution >= 4 is 34.4 Å².